The molecule has 4 rings (SSSR count). The molecule has 0 unspecified atom stereocenters. The molecule has 0 aliphatic carbocycles. The first kappa shape index (κ1) is 28.9. The van der Waals surface area contributed by atoms with Crippen LogP contribution in [0.4, 0.5) is 31.0 Å². The molecule has 2 N–H and O–H groups in total. The summed E-state index contributed by atoms with van der Waals surface area (Å²) in [5.41, 5.74) is 3.23. The van der Waals surface area contributed by atoms with E-state index in [1.54, 1.807) is 12.1 Å². The quantitative estimate of drug-likeness (QED) is 0.334. The van der Waals surface area contributed by atoms with Gasteiger partial charge in [-0.1, -0.05) is 24.3 Å². The molecule has 0 spiro atoms. The van der Waals surface area contributed by atoms with E-state index in [9.17, 15) is 14.0 Å². The summed E-state index contributed by atoms with van der Waals surface area (Å²) in [6, 6.07) is 22.1. The first-order valence-corrected chi connectivity index (χ1v) is 13.5. The SMILES string of the molecule is CC(C)(C)OC(=O)Nc1ccc([C@@H]2CC[C@@H](c3ccc(NC(=O)OC(C)(C)C)cc3)N2c2ccc(F)cc2)cc1. The fourth-order valence-corrected chi connectivity index (χ4v) is 4.86. The lowest BCUT2D eigenvalue weighted by atomic mass is 10.0. The van der Waals surface area contributed by atoms with Crippen LogP contribution in [0.5, 0.6) is 0 Å². The Morgan fingerprint density at radius 2 is 1.05 bits per heavy atom. The lowest BCUT2D eigenvalue weighted by Crippen LogP contribution is -2.27. The maximum Gasteiger partial charge on any atom is 0.412 e. The maximum atomic E-state index is 13.8. The van der Waals surface area contributed by atoms with Gasteiger partial charge in [0.05, 0.1) is 12.1 Å². The Balaban J connectivity index is 1.54. The second kappa shape index (κ2) is 11.6. The molecule has 212 valence electrons. The molecule has 1 heterocycles. The molecule has 0 radical (unpaired) electrons. The zero-order chi connectivity index (χ0) is 29.1. The minimum absolute atomic E-state index is 0.0469. The highest BCUT2D eigenvalue weighted by Crippen LogP contribution is 2.47. The smallest absolute Gasteiger partial charge is 0.412 e. The first-order valence-electron chi connectivity index (χ1n) is 13.5. The Labute approximate surface area is 235 Å². The number of nitrogens with one attached hydrogen (secondary N) is 2. The molecule has 8 heteroatoms. The third-order valence-corrected chi connectivity index (χ3v) is 6.39. The van der Waals surface area contributed by atoms with Gasteiger partial charge >= 0.3 is 12.2 Å². The van der Waals surface area contributed by atoms with Crippen molar-refractivity contribution in [2.45, 2.75) is 77.7 Å². The van der Waals surface area contributed by atoms with E-state index in [1.165, 1.54) is 12.1 Å². The van der Waals surface area contributed by atoms with Crippen LogP contribution in [0, 0.1) is 5.82 Å². The summed E-state index contributed by atoms with van der Waals surface area (Å²) in [4.78, 5) is 26.7. The fraction of sp³-hybridized carbons (Fsp3) is 0.375. The summed E-state index contributed by atoms with van der Waals surface area (Å²) in [5.74, 6) is -0.286. The van der Waals surface area contributed by atoms with E-state index < -0.39 is 23.4 Å². The molecular weight excluding hydrogens is 509 g/mol. The van der Waals surface area contributed by atoms with Gasteiger partial charge in [0.1, 0.15) is 17.0 Å². The van der Waals surface area contributed by atoms with Crippen molar-refractivity contribution >= 4 is 29.2 Å². The van der Waals surface area contributed by atoms with E-state index in [1.807, 2.05) is 90.1 Å². The number of benzene rings is 3. The molecule has 2 atom stereocenters. The summed E-state index contributed by atoms with van der Waals surface area (Å²) >= 11 is 0. The van der Waals surface area contributed by atoms with Crippen LogP contribution in [0.15, 0.2) is 72.8 Å². The van der Waals surface area contributed by atoms with Crippen molar-refractivity contribution in [3.63, 3.8) is 0 Å². The molecule has 1 aliphatic heterocycles. The van der Waals surface area contributed by atoms with E-state index in [2.05, 4.69) is 15.5 Å². The number of hydrogen-bond acceptors (Lipinski definition) is 5. The molecule has 1 saturated heterocycles. The van der Waals surface area contributed by atoms with Crippen molar-refractivity contribution in [1.82, 2.24) is 0 Å². The highest BCUT2D eigenvalue weighted by molar-refractivity contribution is 5.85. The van der Waals surface area contributed by atoms with Gasteiger partial charge in [-0.15, -0.1) is 0 Å². The minimum Gasteiger partial charge on any atom is -0.444 e. The molecule has 0 saturated carbocycles. The van der Waals surface area contributed by atoms with E-state index in [-0.39, 0.29) is 17.9 Å². The van der Waals surface area contributed by atoms with Gasteiger partial charge in [0.15, 0.2) is 0 Å². The number of nitrogens with zero attached hydrogens (tertiary/aromatic N) is 1. The van der Waals surface area contributed by atoms with Crippen molar-refractivity contribution in [2.75, 3.05) is 15.5 Å². The Morgan fingerprint density at radius 1 is 0.675 bits per heavy atom. The van der Waals surface area contributed by atoms with Crippen molar-refractivity contribution in [3.8, 4) is 0 Å². The van der Waals surface area contributed by atoms with Crippen LogP contribution >= 0.6 is 0 Å². The van der Waals surface area contributed by atoms with Crippen molar-refractivity contribution < 1.29 is 23.5 Å². The number of ether oxygens (including phenoxy) is 2. The van der Waals surface area contributed by atoms with Crippen LogP contribution in [0.25, 0.3) is 0 Å². The van der Waals surface area contributed by atoms with Gasteiger partial charge < -0.3 is 14.4 Å². The summed E-state index contributed by atoms with van der Waals surface area (Å²) in [7, 11) is 0. The topological polar surface area (TPSA) is 79.9 Å². The lowest BCUT2D eigenvalue weighted by Gasteiger charge is -2.33. The number of hydrogen-bond donors (Lipinski definition) is 2. The molecule has 1 fully saturated rings. The highest BCUT2D eigenvalue weighted by atomic mass is 19.1. The summed E-state index contributed by atoms with van der Waals surface area (Å²) in [6.07, 6.45) is 0.773. The number of anilines is 3. The monoisotopic (exact) mass is 547 g/mol. The molecule has 40 heavy (non-hydrogen) atoms. The van der Waals surface area contributed by atoms with Gasteiger partial charge in [0, 0.05) is 17.1 Å². The number of rotatable bonds is 5. The average Bonchev–Trinajstić information content (AvgIpc) is 3.28. The summed E-state index contributed by atoms with van der Waals surface area (Å²) in [6.45, 7) is 10.9. The predicted molar refractivity (Wildman–Crippen MR) is 156 cm³/mol. The molecule has 7 nitrogen and oxygen atoms in total. The number of halogens is 1. The largest absolute Gasteiger partial charge is 0.444 e. The van der Waals surface area contributed by atoms with Gasteiger partial charge in [-0.25, -0.2) is 14.0 Å². The average molecular weight is 548 g/mol. The van der Waals surface area contributed by atoms with Crippen LogP contribution in [0.2, 0.25) is 0 Å². The van der Waals surface area contributed by atoms with Gasteiger partial charge in [0.2, 0.25) is 0 Å². The van der Waals surface area contributed by atoms with E-state index in [4.69, 9.17) is 9.47 Å². The lowest BCUT2D eigenvalue weighted by molar-refractivity contribution is 0.0624. The third kappa shape index (κ3) is 7.74. The van der Waals surface area contributed by atoms with Gasteiger partial charge in [-0.05, 0) is 114 Å². The Bertz CT molecular complexity index is 1230. The molecular formula is C32H38FN3O4. The van der Waals surface area contributed by atoms with Crippen LogP contribution < -0.4 is 15.5 Å². The fourth-order valence-electron chi connectivity index (χ4n) is 4.86. The highest BCUT2D eigenvalue weighted by Gasteiger charge is 2.35. The molecule has 3 aromatic carbocycles. The Morgan fingerprint density at radius 3 is 1.40 bits per heavy atom. The second-order valence-corrected chi connectivity index (χ2v) is 12.0. The van der Waals surface area contributed by atoms with Crippen LogP contribution in [0.1, 0.15) is 77.6 Å². The Hall–Kier alpha value is -4.07. The maximum absolute atomic E-state index is 13.8. The summed E-state index contributed by atoms with van der Waals surface area (Å²) in [5, 5.41) is 5.55. The second-order valence-electron chi connectivity index (χ2n) is 12.0. The van der Waals surface area contributed by atoms with Crippen molar-refractivity contribution in [1.29, 1.82) is 0 Å². The van der Waals surface area contributed by atoms with Gasteiger partial charge in [0.25, 0.3) is 0 Å². The van der Waals surface area contributed by atoms with E-state index >= 15 is 0 Å². The molecule has 0 aromatic heterocycles. The van der Waals surface area contributed by atoms with Gasteiger partial charge in [-0.3, -0.25) is 10.6 Å². The van der Waals surface area contributed by atoms with Crippen LogP contribution in [-0.4, -0.2) is 23.4 Å². The van der Waals surface area contributed by atoms with E-state index in [0.717, 1.165) is 29.7 Å². The van der Waals surface area contributed by atoms with Crippen molar-refractivity contribution in [3.05, 3.63) is 89.7 Å². The standard InChI is InChI=1S/C32H38FN3O4/c1-31(2,3)39-29(37)34-24-13-7-21(8-14-24)27-19-20-28(36(27)26-17-11-23(33)12-18-26)22-9-15-25(16-10-22)35-30(38)40-32(4,5)6/h7-18,27-28H,19-20H2,1-6H3,(H,34,37)(H,35,38)/t27-,28-/m0/s1. The Kier molecular flexibility index (Phi) is 8.37. The number of carbonyl (C=O) groups is 2. The molecule has 1 aliphatic rings. The normalized spacial score (nSPS) is 17.3. The zero-order valence-corrected chi connectivity index (χ0v) is 24.0. The minimum atomic E-state index is -0.581. The third-order valence-electron chi connectivity index (χ3n) is 6.39. The molecule has 3 aromatic rings. The van der Waals surface area contributed by atoms with Gasteiger partial charge in [-0.2, -0.15) is 0 Å². The van der Waals surface area contributed by atoms with Crippen molar-refractivity contribution in [2.24, 2.45) is 0 Å². The predicted octanol–water partition coefficient (Wildman–Crippen LogP) is 8.60. The van der Waals surface area contributed by atoms with Crippen LogP contribution in [-0.2, 0) is 9.47 Å². The number of carbonyl (C=O) groups excluding carboxylic acids is 2. The number of amides is 2. The van der Waals surface area contributed by atoms with Crippen LogP contribution in [0.3, 0.4) is 0 Å². The van der Waals surface area contributed by atoms with E-state index in [0.29, 0.717) is 11.4 Å². The molecule has 2 amide bonds. The summed E-state index contributed by atoms with van der Waals surface area (Å²) < 4.78 is 24.5. The zero-order valence-electron chi connectivity index (χ0n) is 24.0. The first-order chi connectivity index (χ1) is 18.8. The molecule has 0 bridgehead atoms.